The van der Waals surface area contributed by atoms with Crippen molar-refractivity contribution < 1.29 is 27.2 Å². The molecule has 2 N–H and O–H groups in total. The zero-order valence-corrected chi connectivity index (χ0v) is 15.3. The summed E-state index contributed by atoms with van der Waals surface area (Å²) in [6.07, 6.45) is -0.297. The summed E-state index contributed by atoms with van der Waals surface area (Å²) in [4.78, 5) is 24.0. The van der Waals surface area contributed by atoms with Gasteiger partial charge in [0.05, 0.1) is 0 Å². The Bertz CT molecular complexity index is 1030. The van der Waals surface area contributed by atoms with Crippen LogP contribution in [0.2, 0.25) is 0 Å². The summed E-state index contributed by atoms with van der Waals surface area (Å²) in [6.45, 7) is 0. The lowest BCUT2D eigenvalue weighted by atomic mass is 10.2. The van der Waals surface area contributed by atoms with Gasteiger partial charge in [0.25, 0.3) is 5.91 Å². The second-order valence-corrected chi connectivity index (χ2v) is 6.77. The molecule has 150 valence electrons. The molecule has 0 aliphatic carbocycles. The summed E-state index contributed by atoms with van der Waals surface area (Å²) in [7, 11) is 0. The highest BCUT2D eigenvalue weighted by atomic mass is 32.1. The van der Waals surface area contributed by atoms with Crippen LogP contribution < -0.4 is 10.6 Å². The van der Waals surface area contributed by atoms with Gasteiger partial charge in [-0.1, -0.05) is 29.5 Å². The van der Waals surface area contributed by atoms with Gasteiger partial charge in [-0.05, 0) is 12.1 Å². The molecule has 0 saturated carbocycles. The number of aryl methyl sites for hydroxylation is 1. The van der Waals surface area contributed by atoms with Crippen molar-refractivity contribution in [1.29, 1.82) is 0 Å². The van der Waals surface area contributed by atoms with Crippen LogP contribution in [0.4, 0.5) is 28.9 Å². The molecule has 3 rings (SSSR count). The Kier molecular flexibility index (Phi) is 6.17. The number of aromatic nitrogens is 2. The minimum atomic E-state index is -1.70. The van der Waals surface area contributed by atoms with E-state index in [0.29, 0.717) is 10.7 Å². The highest BCUT2D eigenvalue weighted by molar-refractivity contribution is 7.13. The monoisotopic (exact) mass is 424 g/mol. The fourth-order valence-electron chi connectivity index (χ4n) is 2.26. The lowest BCUT2D eigenvalue weighted by Gasteiger charge is -2.08. The Morgan fingerprint density at radius 2 is 1.59 bits per heavy atom. The van der Waals surface area contributed by atoms with Crippen molar-refractivity contribution in [2.45, 2.75) is 12.8 Å². The highest BCUT2D eigenvalue weighted by Gasteiger charge is 2.21. The zero-order chi connectivity index (χ0) is 21.0. The van der Waals surface area contributed by atoms with E-state index in [2.05, 4.69) is 15.5 Å². The van der Waals surface area contributed by atoms with Gasteiger partial charge in [0.1, 0.15) is 10.7 Å². The first-order valence-corrected chi connectivity index (χ1v) is 8.98. The third-order valence-electron chi connectivity index (χ3n) is 3.63. The van der Waals surface area contributed by atoms with Crippen molar-refractivity contribution in [1.82, 2.24) is 10.2 Å². The first kappa shape index (κ1) is 20.4. The van der Waals surface area contributed by atoms with Gasteiger partial charge in [-0.15, -0.1) is 10.2 Å². The third-order valence-corrected chi connectivity index (χ3v) is 4.62. The van der Waals surface area contributed by atoms with Crippen LogP contribution in [0, 0.1) is 23.3 Å². The molecule has 0 aliphatic rings. The number of para-hydroxylation sites is 1. The highest BCUT2D eigenvalue weighted by Crippen LogP contribution is 2.24. The van der Waals surface area contributed by atoms with E-state index in [0.717, 1.165) is 11.3 Å². The van der Waals surface area contributed by atoms with Crippen molar-refractivity contribution >= 4 is 34.5 Å². The number of anilines is 2. The molecule has 3 aromatic rings. The van der Waals surface area contributed by atoms with Crippen LogP contribution in [0.1, 0.15) is 21.2 Å². The van der Waals surface area contributed by atoms with Gasteiger partial charge in [-0.3, -0.25) is 9.59 Å². The number of amides is 2. The number of hydrogen-bond acceptors (Lipinski definition) is 5. The number of hydrogen-bond donors (Lipinski definition) is 2. The van der Waals surface area contributed by atoms with Gasteiger partial charge in [0.2, 0.25) is 10.9 Å². The maximum Gasteiger partial charge on any atom is 0.286 e. The van der Waals surface area contributed by atoms with Crippen LogP contribution in [0.15, 0.2) is 36.4 Å². The Morgan fingerprint density at radius 3 is 2.24 bits per heavy atom. The molecule has 0 saturated heterocycles. The van der Waals surface area contributed by atoms with E-state index in [9.17, 15) is 27.2 Å². The summed E-state index contributed by atoms with van der Waals surface area (Å²) in [5.41, 5.74) is -0.632. The van der Waals surface area contributed by atoms with Gasteiger partial charge in [-0.25, -0.2) is 17.6 Å². The average Bonchev–Trinajstić information content (AvgIpc) is 3.18. The average molecular weight is 424 g/mol. The predicted octanol–water partition coefficient (Wildman–Crippen LogP) is 3.92. The molecular formula is C18H12F4N4O2S. The van der Waals surface area contributed by atoms with Crippen LogP contribution in [0.25, 0.3) is 0 Å². The topological polar surface area (TPSA) is 84.0 Å². The number of rotatable bonds is 6. The smallest absolute Gasteiger partial charge is 0.286 e. The number of carbonyl (C=O) groups is 2. The van der Waals surface area contributed by atoms with Crippen LogP contribution in [0.5, 0.6) is 0 Å². The van der Waals surface area contributed by atoms with Crippen molar-refractivity contribution in [3.8, 4) is 0 Å². The maximum absolute atomic E-state index is 13.6. The number of nitrogens with one attached hydrogen (secondary N) is 2. The maximum atomic E-state index is 13.6. The number of halogens is 4. The van der Waals surface area contributed by atoms with Gasteiger partial charge >= 0.3 is 0 Å². The molecule has 6 nitrogen and oxygen atoms in total. The van der Waals surface area contributed by atoms with Crippen molar-refractivity contribution in [2.24, 2.45) is 0 Å². The van der Waals surface area contributed by atoms with Crippen LogP contribution >= 0.6 is 11.3 Å². The van der Waals surface area contributed by atoms with Crippen molar-refractivity contribution in [3.05, 3.63) is 69.7 Å². The number of benzene rings is 2. The van der Waals surface area contributed by atoms with E-state index < -0.39 is 40.8 Å². The fraction of sp³-hybridized carbons (Fsp3) is 0.111. The van der Waals surface area contributed by atoms with E-state index in [1.165, 1.54) is 0 Å². The molecule has 2 aromatic carbocycles. The summed E-state index contributed by atoms with van der Waals surface area (Å²) in [5.74, 6) is -8.03. The summed E-state index contributed by atoms with van der Waals surface area (Å²) in [6, 6.07) is 8.71. The normalized spacial score (nSPS) is 10.6. The van der Waals surface area contributed by atoms with Gasteiger partial charge in [-0.2, -0.15) is 0 Å². The first-order valence-electron chi connectivity index (χ1n) is 8.16. The number of carbonyl (C=O) groups excluding carboxylic acids is 2. The Hall–Kier alpha value is -3.34. The molecule has 0 aliphatic heterocycles. The Balaban J connectivity index is 1.59. The molecule has 29 heavy (non-hydrogen) atoms. The fourth-order valence-corrected chi connectivity index (χ4v) is 2.99. The largest absolute Gasteiger partial charge is 0.321 e. The minimum absolute atomic E-state index is 0.00313. The second-order valence-electron chi connectivity index (χ2n) is 5.71. The molecule has 0 atom stereocenters. The Labute approximate surface area is 165 Å². The van der Waals surface area contributed by atoms with E-state index in [1.807, 2.05) is 0 Å². The minimum Gasteiger partial charge on any atom is -0.321 e. The van der Waals surface area contributed by atoms with Crippen LogP contribution in [-0.4, -0.2) is 22.0 Å². The molecule has 0 unspecified atom stereocenters. The molecule has 1 heterocycles. The first-order chi connectivity index (χ1) is 13.8. The molecule has 0 radical (unpaired) electrons. The zero-order valence-electron chi connectivity index (χ0n) is 14.5. The molecule has 1 aromatic heterocycles. The third kappa shape index (κ3) is 4.93. The van der Waals surface area contributed by atoms with Gasteiger partial charge in [0.15, 0.2) is 23.3 Å². The summed E-state index contributed by atoms with van der Waals surface area (Å²) in [5, 5.41) is 12.3. The summed E-state index contributed by atoms with van der Waals surface area (Å²) < 4.78 is 53.5. The van der Waals surface area contributed by atoms with Gasteiger partial charge in [0, 0.05) is 24.6 Å². The molecule has 0 spiro atoms. The summed E-state index contributed by atoms with van der Waals surface area (Å²) >= 11 is 0.937. The van der Waals surface area contributed by atoms with Crippen molar-refractivity contribution in [3.63, 3.8) is 0 Å². The lowest BCUT2D eigenvalue weighted by Crippen LogP contribution is -2.16. The molecule has 2 amide bonds. The molecule has 0 fully saturated rings. The van der Waals surface area contributed by atoms with Crippen LogP contribution in [0.3, 0.4) is 0 Å². The number of nitrogens with zero attached hydrogens (tertiary/aromatic N) is 2. The lowest BCUT2D eigenvalue weighted by molar-refractivity contribution is -0.116. The van der Waals surface area contributed by atoms with Crippen molar-refractivity contribution in [2.75, 3.05) is 10.6 Å². The Morgan fingerprint density at radius 1 is 0.931 bits per heavy atom. The molecule has 11 heteroatoms. The van der Waals surface area contributed by atoms with Gasteiger partial charge < -0.3 is 10.6 Å². The van der Waals surface area contributed by atoms with Crippen LogP contribution in [-0.2, 0) is 11.2 Å². The predicted molar refractivity (Wildman–Crippen MR) is 97.5 cm³/mol. The molecule has 0 bridgehead atoms. The SMILES string of the molecule is O=C(CCc1nnc(C(=O)Nc2ccccc2)s1)Nc1c(F)c(F)cc(F)c1F. The quantitative estimate of drug-likeness (QED) is 0.464. The second kappa shape index (κ2) is 8.78. The van der Waals surface area contributed by atoms with E-state index in [1.54, 1.807) is 35.6 Å². The van der Waals surface area contributed by atoms with E-state index >= 15 is 0 Å². The standard InChI is InChI=1S/C18H12F4N4O2S/c19-10-8-11(20)15(22)16(14(10)21)24-12(27)6-7-13-25-26-18(29-13)17(28)23-9-4-2-1-3-5-9/h1-5,8H,6-7H2,(H,23,28)(H,24,27). The van der Waals surface area contributed by atoms with E-state index in [4.69, 9.17) is 0 Å². The van der Waals surface area contributed by atoms with E-state index in [-0.39, 0.29) is 23.9 Å². The molecular weight excluding hydrogens is 412 g/mol.